The van der Waals surface area contributed by atoms with Crippen LogP contribution in [0.25, 0.3) is 10.9 Å². The Balaban J connectivity index is 1.83. The summed E-state index contributed by atoms with van der Waals surface area (Å²) in [6.07, 6.45) is 8.40. The van der Waals surface area contributed by atoms with E-state index < -0.39 is 5.91 Å². The molecule has 3 N–H and O–H groups in total. The quantitative estimate of drug-likeness (QED) is 0.166. The predicted molar refractivity (Wildman–Crippen MR) is 124 cm³/mol. The number of carbonyl (C=O) groups is 1. The standard InChI is InChI=1S/C24H26N4O5/c1-3-17-7-6-8-18(13-17)27-24-19-14-21(33-12-11-31-2)22(15-20(19)25-16-26-24)32-10-5-4-9-23(29)28-30/h1,6-8,13-16,30H,4-5,9-12H2,2H3,(H,28,29)(H,25,26,27). The molecule has 9 nitrogen and oxygen atoms in total. The summed E-state index contributed by atoms with van der Waals surface area (Å²) in [6.45, 7) is 1.14. The number of carbonyl (C=O) groups excluding carboxylic acids is 1. The zero-order valence-electron chi connectivity index (χ0n) is 18.3. The first kappa shape index (κ1) is 23.8. The van der Waals surface area contributed by atoms with Crippen LogP contribution < -0.4 is 20.3 Å². The van der Waals surface area contributed by atoms with Crippen LogP contribution in [-0.2, 0) is 9.53 Å². The van der Waals surface area contributed by atoms with Gasteiger partial charge in [-0.3, -0.25) is 10.0 Å². The molecule has 2 aromatic carbocycles. The number of nitrogens with one attached hydrogen (secondary N) is 2. The molecule has 0 fully saturated rings. The molecule has 3 aromatic rings. The highest BCUT2D eigenvalue weighted by molar-refractivity contribution is 5.93. The van der Waals surface area contributed by atoms with E-state index in [0.29, 0.717) is 55.5 Å². The minimum atomic E-state index is -0.422. The highest BCUT2D eigenvalue weighted by Crippen LogP contribution is 2.35. The number of hydrogen-bond donors (Lipinski definition) is 3. The van der Waals surface area contributed by atoms with Crippen LogP contribution in [-0.4, -0.2) is 48.0 Å². The fraction of sp³-hybridized carbons (Fsp3) is 0.292. The predicted octanol–water partition coefficient (Wildman–Crippen LogP) is 3.43. The lowest BCUT2D eigenvalue weighted by Gasteiger charge is -2.15. The molecule has 0 radical (unpaired) electrons. The SMILES string of the molecule is C#Cc1cccc(Nc2ncnc3cc(OCCCCC(=O)NO)c(OCCOC)cc23)c1. The van der Waals surface area contributed by atoms with Crippen molar-refractivity contribution >= 4 is 28.3 Å². The summed E-state index contributed by atoms with van der Waals surface area (Å²) in [5, 5.41) is 12.6. The lowest BCUT2D eigenvalue weighted by molar-refractivity contribution is -0.129. The summed E-state index contributed by atoms with van der Waals surface area (Å²) in [5.74, 6) is 3.86. The van der Waals surface area contributed by atoms with Gasteiger partial charge in [0, 0.05) is 36.2 Å². The zero-order chi connectivity index (χ0) is 23.5. The molecule has 0 aliphatic heterocycles. The summed E-state index contributed by atoms with van der Waals surface area (Å²) in [7, 11) is 1.60. The molecule has 0 unspecified atom stereocenters. The van der Waals surface area contributed by atoms with Gasteiger partial charge < -0.3 is 19.5 Å². The number of rotatable bonds is 12. The second-order valence-corrected chi connectivity index (χ2v) is 7.07. The molecule has 0 aliphatic rings. The first-order chi connectivity index (χ1) is 16.1. The van der Waals surface area contributed by atoms with Gasteiger partial charge in [-0.2, -0.15) is 0 Å². The lowest BCUT2D eigenvalue weighted by Crippen LogP contribution is -2.18. The van der Waals surface area contributed by atoms with Crippen molar-refractivity contribution in [2.45, 2.75) is 19.3 Å². The van der Waals surface area contributed by atoms with Crippen molar-refractivity contribution in [2.24, 2.45) is 0 Å². The number of ether oxygens (including phenoxy) is 3. The number of hydroxylamine groups is 1. The third kappa shape index (κ3) is 6.80. The van der Waals surface area contributed by atoms with Gasteiger partial charge in [-0.05, 0) is 37.1 Å². The van der Waals surface area contributed by atoms with Crippen molar-refractivity contribution in [2.75, 3.05) is 32.2 Å². The van der Waals surface area contributed by atoms with E-state index >= 15 is 0 Å². The number of aromatic nitrogens is 2. The summed E-state index contributed by atoms with van der Waals surface area (Å²) in [5.41, 5.74) is 3.86. The van der Waals surface area contributed by atoms with Crippen LogP contribution in [0.5, 0.6) is 11.5 Å². The molecule has 1 amide bonds. The van der Waals surface area contributed by atoms with Crippen LogP contribution in [0, 0.1) is 12.3 Å². The zero-order valence-corrected chi connectivity index (χ0v) is 18.3. The molecule has 0 saturated heterocycles. The second kappa shape index (κ2) is 12.2. The number of benzene rings is 2. The third-order valence-corrected chi connectivity index (χ3v) is 4.72. The highest BCUT2D eigenvalue weighted by Gasteiger charge is 2.13. The van der Waals surface area contributed by atoms with Crippen LogP contribution in [0.4, 0.5) is 11.5 Å². The van der Waals surface area contributed by atoms with Gasteiger partial charge in [-0.15, -0.1) is 6.42 Å². The maximum absolute atomic E-state index is 11.1. The van der Waals surface area contributed by atoms with Gasteiger partial charge in [0.05, 0.1) is 18.7 Å². The molecule has 1 aromatic heterocycles. The fourth-order valence-electron chi connectivity index (χ4n) is 3.07. The maximum atomic E-state index is 11.1. The third-order valence-electron chi connectivity index (χ3n) is 4.72. The first-order valence-corrected chi connectivity index (χ1v) is 10.4. The highest BCUT2D eigenvalue weighted by atomic mass is 16.5. The van der Waals surface area contributed by atoms with Crippen molar-refractivity contribution in [3.63, 3.8) is 0 Å². The minimum Gasteiger partial charge on any atom is -0.490 e. The Bertz CT molecular complexity index is 1130. The Morgan fingerprint density at radius 2 is 1.91 bits per heavy atom. The monoisotopic (exact) mass is 450 g/mol. The van der Waals surface area contributed by atoms with Crippen molar-refractivity contribution < 1.29 is 24.2 Å². The van der Waals surface area contributed by atoms with Gasteiger partial charge in [-0.25, -0.2) is 15.4 Å². The molecule has 33 heavy (non-hydrogen) atoms. The largest absolute Gasteiger partial charge is 0.490 e. The second-order valence-electron chi connectivity index (χ2n) is 7.07. The van der Waals surface area contributed by atoms with Crippen LogP contribution in [0.3, 0.4) is 0 Å². The van der Waals surface area contributed by atoms with E-state index in [2.05, 4.69) is 21.2 Å². The molecule has 1 heterocycles. The minimum absolute atomic E-state index is 0.220. The fourth-order valence-corrected chi connectivity index (χ4v) is 3.07. The Labute approximate surface area is 192 Å². The van der Waals surface area contributed by atoms with Gasteiger partial charge in [-0.1, -0.05) is 12.0 Å². The molecule has 0 bridgehead atoms. The lowest BCUT2D eigenvalue weighted by atomic mass is 10.2. The number of unbranched alkanes of at least 4 members (excludes halogenated alkanes) is 1. The summed E-state index contributed by atoms with van der Waals surface area (Å²) >= 11 is 0. The van der Waals surface area contributed by atoms with Crippen LogP contribution >= 0.6 is 0 Å². The summed E-state index contributed by atoms with van der Waals surface area (Å²) < 4.78 is 16.9. The molecule has 0 atom stereocenters. The molecule has 9 heteroatoms. The first-order valence-electron chi connectivity index (χ1n) is 10.4. The van der Waals surface area contributed by atoms with Gasteiger partial charge in [0.25, 0.3) is 0 Å². The van der Waals surface area contributed by atoms with E-state index in [1.54, 1.807) is 18.7 Å². The summed E-state index contributed by atoms with van der Waals surface area (Å²) in [6, 6.07) is 11.1. The Morgan fingerprint density at radius 3 is 2.70 bits per heavy atom. The molecular formula is C24H26N4O5. The molecule has 172 valence electrons. The van der Waals surface area contributed by atoms with Gasteiger partial charge >= 0.3 is 0 Å². The van der Waals surface area contributed by atoms with Crippen molar-refractivity contribution in [3.05, 3.63) is 48.3 Å². The van der Waals surface area contributed by atoms with E-state index in [4.69, 9.17) is 25.8 Å². The topological polar surface area (TPSA) is 115 Å². The van der Waals surface area contributed by atoms with Crippen molar-refractivity contribution in [1.82, 2.24) is 15.4 Å². The van der Waals surface area contributed by atoms with Crippen molar-refractivity contribution in [3.8, 4) is 23.8 Å². The number of anilines is 2. The number of amides is 1. The van der Waals surface area contributed by atoms with Gasteiger partial charge in [0.15, 0.2) is 11.5 Å². The molecular weight excluding hydrogens is 424 g/mol. The van der Waals surface area contributed by atoms with Crippen molar-refractivity contribution in [1.29, 1.82) is 0 Å². The molecule has 0 saturated carbocycles. The summed E-state index contributed by atoms with van der Waals surface area (Å²) in [4.78, 5) is 19.9. The van der Waals surface area contributed by atoms with E-state index in [1.807, 2.05) is 30.3 Å². The number of fused-ring (bicyclic) bond motifs is 1. The van der Waals surface area contributed by atoms with E-state index in [-0.39, 0.29) is 6.42 Å². The number of hydrogen-bond acceptors (Lipinski definition) is 8. The number of terminal acetylenes is 1. The van der Waals surface area contributed by atoms with Gasteiger partial charge in [0.1, 0.15) is 18.8 Å². The van der Waals surface area contributed by atoms with Crippen LogP contribution in [0.1, 0.15) is 24.8 Å². The molecule has 3 rings (SSSR count). The van der Waals surface area contributed by atoms with E-state index in [9.17, 15) is 4.79 Å². The smallest absolute Gasteiger partial charge is 0.243 e. The van der Waals surface area contributed by atoms with Crippen LogP contribution in [0.15, 0.2) is 42.7 Å². The molecule has 0 aliphatic carbocycles. The Hall–Kier alpha value is -3.87. The Kier molecular flexibility index (Phi) is 8.82. The average Bonchev–Trinajstić information content (AvgIpc) is 2.84. The average molecular weight is 450 g/mol. The maximum Gasteiger partial charge on any atom is 0.243 e. The van der Waals surface area contributed by atoms with E-state index in [1.165, 1.54) is 6.33 Å². The molecule has 0 spiro atoms. The number of methoxy groups -OCH3 is 1. The van der Waals surface area contributed by atoms with Crippen LogP contribution in [0.2, 0.25) is 0 Å². The van der Waals surface area contributed by atoms with Gasteiger partial charge in [0.2, 0.25) is 5.91 Å². The Morgan fingerprint density at radius 1 is 1.09 bits per heavy atom. The number of nitrogens with zero attached hydrogens (tertiary/aromatic N) is 2. The normalized spacial score (nSPS) is 10.5. The van der Waals surface area contributed by atoms with E-state index in [0.717, 1.165) is 16.6 Å².